The average Bonchev–Trinajstić information content (AvgIpc) is 3.44. The second-order valence-corrected chi connectivity index (χ2v) is 13.0. The summed E-state index contributed by atoms with van der Waals surface area (Å²) >= 11 is 0. The van der Waals surface area contributed by atoms with E-state index in [1.165, 1.54) is 4.31 Å². The first kappa shape index (κ1) is 30.3. The minimum Gasteiger partial charge on any atom is -0.352 e. The lowest BCUT2D eigenvalue weighted by molar-refractivity contribution is -0.140. The fourth-order valence-electron chi connectivity index (χ4n) is 5.53. The van der Waals surface area contributed by atoms with Gasteiger partial charge in [-0.3, -0.25) is 13.9 Å². The third-order valence-corrected chi connectivity index (χ3v) is 9.45. The molecule has 0 heterocycles. The molecule has 1 aliphatic rings. The van der Waals surface area contributed by atoms with Crippen molar-refractivity contribution in [1.29, 1.82) is 0 Å². The summed E-state index contributed by atoms with van der Waals surface area (Å²) in [5.74, 6) is -0.625. The van der Waals surface area contributed by atoms with E-state index < -0.39 is 28.5 Å². The third kappa shape index (κ3) is 7.55. The van der Waals surface area contributed by atoms with E-state index in [1.54, 1.807) is 41.3 Å². The summed E-state index contributed by atoms with van der Waals surface area (Å²) < 4.78 is 29.3. The van der Waals surface area contributed by atoms with Crippen LogP contribution in [-0.2, 0) is 26.2 Å². The molecule has 0 bridgehead atoms. The Balaban J connectivity index is 1.72. The van der Waals surface area contributed by atoms with E-state index >= 15 is 0 Å². The van der Waals surface area contributed by atoms with Gasteiger partial charge in [0.25, 0.3) is 10.0 Å². The maximum Gasteiger partial charge on any atom is 0.264 e. The Bertz CT molecular complexity index is 1430. The first-order valence-corrected chi connectivity index (χ1v) is 15.8. The molecule has 1 fully saturated rings. The zero-order chi connectivity index (χ0) is 29.6. The van der Waals surface area contributed by atoms with E-state index in [0.29, 0.717) is 12.1 Å². The molecular weight excluding hydrogens is 534 g/mol. The highest BCUT2D eigenvalue weighted by atomic mass is 32.2. The normalized spacial score (nSPS) is 14.4. The molecule has 3 aromatic carbocycles. The van der Waals surface area contributed by atoms with E-state index in [4.69, 9.17) is 0 Å². The first-order chi connectivity index (χ1) is 19.6. The van der Waals surface area contributed by atoms with Crippen LogP contribution in [0.15, 0.2) is 77.7 Å². The van der Waals surface area contributed by atoms with Crippen LogP contribution in [-0.4, -0.2) is 43.8 Å². The van der Waals surface area contributed by atoms with Crippen LogP contribution in [0.5, 0.6) is 0 Å². The number of rotatable bonds is 11. The molecule has 41 heavy (non-hydrogen) atoms. The number of sulfonamides is 1. The molecular formula is C33H41N3O4S. The van der Waals surface area contributed by atoms with Gasteiger partial charge in [0.2, 0.25) is 11.8 Å². The molecule has 2 amide bonds. The van der Waals surface area contributed by atoms with Gasteiger partial charge in [0, 0.05) is 12.6 Å². The van der Waals surface area contributed by atoms with Crippen molar-refractivity contribution in [3.8, 4) is 0 Å². The molecule has 0 unspecified atom stereocenters. The number of benzene rings is 3. The predicted octanol–water partition coefficient (Wildman–Crippen LogP) is 5.67. The van der Waals surface area contributed by atoms with Gasteiger partial charge in [0.15, 0.2) is 0 Å². The van der Waals surface area contributed by atoms with Crippen LogP contribution in [0.1, 0.15) is 61.3 Å². The molecule has 3 aromatic rings. The van der Waals surface area contributed by atoms with Crippen LogP contribution in [0.25, 0.3) is 0 Å². The molecule has 218 valence electrons. The Morgan fingerprint density at radius 2 is 1.49 bits per heavy atom. The standard InChI is InChI=1S/C33H41N3O4S/c1-5-31(33(38)34-28-13-9-10-14-28)35(22-27-11-7-6-8-12-27)32(37)23-36(29-20-25(3)19-26(4)21-29)41(39,40)30-17-15-24(2)16-18-30/h6-8,11-12,15-21,28,31H,5,9-10,13-14,22-23H2,1-4H3,(H,34,38)/t31-/m0/s1. The van der Waals surface area contributed by atoms with Gasteiger partial charge in [-0.1, -0.05) is 73.9 Å². The molecule has 0 aliphatic heterocycles. The van der Waals surface area contributed by atoms with Gasteiger partial charge < -0.3 is 10.2 Å². The van der Waals surface area contributed by atoms with Crippen molar-refractivity contribution in [1.82, 2.24) is 10.2 Å². The van der Waals surface area contributed by atoms with Gasteiger partial charge in [0.1, 0.15) is 12.6 Å². The van der Waals surface area contributed by atoms with Crippen LogP contribution in [0.2, 0.25) is 0 Å². The van der Waals surface area contributed by atoms with E-state index in [-0.39, 0.29) is 23.4 Å². The quantitative estimate of drug-likeness (QED) is 0.319. The van der Waals surface area contributed by atoms with Crippen LogP contribution in [0, 0.1) is 20.8 Å². The van der Waals surface area contributed by atoms with Crippen LogP contribution in [0.4, 0.5) is 5.69 Å². The molecule has 0 spiro atoms. The Morgan fingerprint density at radius 3 is 2.07 bits per heavy atom. The Kier molecular flexibility index (Phi) is 9.86. The SMILES string of the molecule is CC[C@@H](C(=O)NC1CCCC1)N(Cc1ccccc1)C(=O)CN(c1cc(C)cc(C)c1)S(=O)(=O)c1ccc(C)cc1. The summed E-state index contributed by atoms with van der Waals surface area (Å²) in [5, 5.41) is 3.15. The van der Waals surface area contributed by atoms with E-state index in [0.717, 1.165) is 47.9 Å². The minimum absolute atomic E-state index is 0.107. The molecule has 1 saturated carbocycles. The minimum atomic E-state index is -4.09. The van der Waals surface area contributed by atoms with Crippen LogP contribution in [0.3, 0.4) is 0 Å². The van der Waals surface area contributed by atoms with Crippen molar-refractivity contribution < 1.29 is 18.0 Å². The predicted molar refractivity (Wildman–Crippen MR) is 163 cm³/mol. The number of nitrogens with one attached hydrogen (secondary N) is 1. The summed E-state index contributed by atoms with van der Waals surface area (Å²) in [6, 6.07) is 21.0. The zero-order valence-electron chi connectivity index (χ0n) is 24.5. The second kappa shape index (κ2) is 13.3. The lowest BCUT2D eigenvalue weighted by atomic mass is 10.1. The molecule has 1 N–H and O–H groups in total. The smallest absolute Gasteiger partial charge is 0.264 e. The van der Waals surface area contributed by atoms with Crippen LogP contribution >= 0.6 is 0 Å². The first-order valence-electron chi connectivity index (χ1n) is 14.4. The average molecular weight is 576 g/mol. The molecule has 4 rings (SSSR count). The van der Waals surface area contributed by atoms with Crippen molar-refractivity contribution in [3.05, 3.63) is 95.1 Å². The molecule has 0 radical (unpaired) electrons. The summed E-state index contributed by atoms with van der Waals surface area (Å²) in [4.78, 5) is 29.4. The number of carbonyl (C=O) groups is 2. The number of hydrogen-bond donors (Lipinski definition) is 1. The van der Waals surface area contributed by atoms with Crippen LogP contribution < -0.4 is 9.62 Å². The molecule has 0 aromatic heterocycles. The Morgan fingerprint density at radius 1 is 0.878 bits per heavy atom. The van der Waals surface area contributed by atoms with E-state index in [1.807, 2.05) is 64.1 Å². The fraction of sp³-hybridized carbons (Fsp3) is 0.394. The number of aryl methyl sites for hydroxylation is 3. The summed E-state index contributed by atoms with van der Waals surface area (Å²) in [5.41, 5.74) is 4.00. The molecule has 8 heteroatoms. The Labute approximate surface area is 244 Å². The molecule has 1 atom stereocenters. The van der Waals surface area contributed by atoms with Crippen molar-refractivity contribution in [2.75, 3.05) is 10.8 Å². The van der Waals surface area contributed by atoms with Gasteiger partial charge in [-0.2, -0.15) is 0 Å². The maximum atomic E-state index is 14.2. The van der Waals surface area contributed by atoms with Crippen molar-refractivity contribution in [2.24, 2.45) is 0 Å². The van der Waals surface area contributed by atoms with Crippen molar-refractivity contribution >= 4 is 27.5 Å². The number of anilines is 1. The summed E-state index contributed by atoms with van der Waals surface area (Å²) in [7, 11) is -4.09. The molecule has 7 nitrogen and oxygen atoms in total. The monoisotopic (exact) mass is 575 g/mol. The number of nitrogens with zero attached hydrogens (tertiary/aromatic N) is 2. The van der Waals surface area contributed by atoms with Crippen molar-refractivity contribution in [3.63, 3.8) is 0 Å². The number of carbonyl (C=O) groups excluding carboxylic acids is 2. The molecule has 0 saturated heterocycles. The maximum absolute atomic E-state index is 14.2. The van der Waals surface area contributed by atoms with Gasteiger partial charge in [-0.15, -0.1) is 0 Å². The second-order valence-electron chi connectivity index (χ2n) is 11.1. The van der Waals surface area contributed by atoms with Gasteiger partial charge in [-0.05, 0) is 81.0 Å². The third-order valence-electron chi connectivity index (χ3n) is 7.67. The van der Waals surface area contributed by atoms with E-state index in [9.17, 15) is 18.0 Å². The highest BCUT2D eigenvalue weighted by Gasteiger charge is 2.34. The topological polar surface area (TPSA) is 86.8 Å². The summed E-state index contributed by atoms with van der Waals surface area (Å²) in [6.45, 7) is 7.34. The lowest BCUT2D eigenvalue weighted by Gasteiger charge is -2.34. The highest BCUT2D eigenvalue weighted by molar-refractivity contribution is 7.92. The highest BCUT2D eigenvalue weighted by Crippen LogP contribution is 2.27. The zero-order valence-corrected chi connectivity index (χ0v) is 25.3. The van der Waals surface area contributed by atoms with Gasteiger partial charge in [0.05, 0.1) is 10.6 Å². The lowest BCUT2D eigenvalue weighted by Crippen LogP contribution is -2.53. The Hall–Kier alpha value is -3.65. The van der Waals surface area contributed by atoms with E-state index in [2.05, 4.69) is 5.32 Å². The van der Waals surface area contributed by atoms with Gasteiger partial charge in [-0.25, -0.2) is 8.42 Å². The van der Waals surface area contributed by atoms with Gasteiger partial charge >= 0.3 is 0 Å². The fourth-order valence-corrected chi connectivity index (χ4v) is 6.93. The summed E-state index contributed by atoms with van der Waals surface area (Å²) in [6.07, 6.45) is 4.44. The van der Waals surface area contributed by atoms with Crippen molar-refractivity contribution in [2.45, 2.75) is 83.3 Å². The number of hydrogen-bond acceptors (Lipinski definition) is 4. The largest absolute Gasteiger partial charge is 0.352 e. The number of amides is 2. The molecule has 1 aliphatic carbocycles.